The van der Waals surface area contributed by atoms with Gasteiger partial charge in [0.05, 0.1) is 0 Å². The number of rotatable bonds is 5. The summed E-state index contributed by atoms with van der Waals surface area (Å²) in [6.07, 6.45) is 3.78. The summed E-state index contributed by atoms with van der Waals surface area (Å²) in [5, 5.41) is 5.94. The highest BCUT2D eigenvalue weighted by Gasteiger charge is 2.33. The molecule has 3 heteroatoms. The molecule has 2 rings (SSSR count). The first-order valence-corrected chi connectivity index (χ1v) is 8.06. The van der Waals surface area contributed by atoms with Crippen molar-refractivity contribution in [1.82, 2.24) is 10.2 Å². The van der Waals surface area contributed by atoms with E-state index < -0.39 is 0 Å². The molecule has 1 aliphatic heterocycles. The van der Waals surface area contributed by atoms with E-state index >= 15 is 0 Å². The minimum atomic E-state index is 0.293. The van der Waals surface area contributed by atoms with Crippen molar-refractivity contribution >= 4 is 11.3 Å². The average Bonchev–Trinajstić information content (AvgIpc) is 2.86. The fourth-order valence-electron chi connectivity index (χ4n) is 2.77. The van der Waals surface area contributed by atoms with E-state index in [1.165, 1.54) is 30.7 Å². The monoisotopic (exact) mass is 266 g/mol. The Morgan fingerprint density at radius 3 is 2.94 bits per heavy atom. The van der Waals surface area contributed by atoms with Gasteiger partial charge in [-0.2, -0.15) is 0 Å². The lowest BCUT2D eigenvalue weighted by Crippen LogP contribution is -2.62. The van der Waals surface area contributed by atoms with Crippen LogP contribution < -0.4 is 5.32 Å². The van der Waals surface area contributed by atoms with Crippen molar-refractivity contribution in [2.75, 3.05) is 13.1 Å². The summed E-state index contributed by atoms with van der Waals surface area (Å²) >= 11 is 1.88. The largest absolute Gasteiger partial charge is 0.309 e. The number of piperazine rings is 1. The molecule has 102 valence electrons. The van der Waals surface area contributed by atoms with E-state index in [-0.39, 0.29) is 0 Å². The molecule has 2 unspecified atom stereocenters. The predicted molar refractivity (Wildman–Crippen MR) is 80.1 cm³/mol. The Morgan fingerprint density at radius 1 is 1.50 bits per heavy atom. The van der Waals surface area contributed by atoms with E-state index in [2.05, 4.69) is 48.5 Å². The molecule has 0 bridgehead atoms. The zero-order valence-corrected chi connectivity index (χ0v) is 12.7. The topological polar surface area (TPSA) is 15.3 Å². The van der Waals surface area contributed by atoms with Gasteiger partial charge in [-0.05, 0) is 31.2 Å². The first kappa shape index (κ1) is 14.0. The van der Waals surface area contributed by atoms with Crippen LogP contribution in [0.3, 0.4) is 0 Å². The van der Waals surface area contributed by atoms with Crippen LogP contribution in [-0.2, 0) is 6.54 Å². The van der Waals surface area contributed by atoms with Gasteiger partial charge in [0.2, 0.25) is 0 Å². The van der Waals surface area contributed by atoms with E-state index in [1.807, 2.05) is 11.3 Å². The van der Waals surface area contributed by atoms with Crippen LogP contribution in [0.4, 0.5) is 0 Å². The van der Waals surface area contributed by atoms with Gasteiger partial charge >= 0.3 is 0 Å². The minimum absolute atomic E-state index is 0.293. The Balaban J connectivity index is 2.04. The molecule has 1 aromatic rings. The Bertz CT molecular complexity index is 349. The van der Waals surface area contributed by atoms with Gasteiger partial charge in [-0.15, -0.1) is 11.3 Å². The average molecular weight is 266 g/mol. The molecule has 2 heterocycles. The second kappa shape index (κ2) is 6.18. The fourth-order valence-corrected chi connectivity index (χ4v) is 3.50. The van der Waals surface area contributed by atoms with Crippen LogP contribution in [0, 0.1) is 0 Å². The summed E-state index contributed by atoms with van der Waals surface area (Å²) < 4.78 is 0. The highest BCUT2D eigenvalue weighted by molar-refractivity contribution is 7.09. The first-order valence-electron chi connectivity index (χ1n) is 7.18. The maximum atomic E-state index is 3.75. The molecule has 1 fully saturated rings. The molecule has 0 saturated carbocycles. The van der Waals surface area contributed by atoms with E-state index in [0.29, 0.717) is 11.6 Å². The van der Waals surface area contributed by atoms with Gasteiger partial charge < -0.3 is 5.32 Å². The molecule has 18 heavy (non-hydrogen) atoms. The third-order valence-electron chi connectivity index (χ3n) is 4.17. The molecular formula is C15H26N2S. The summed E-state index contributed by atoms with van der Waals surface area (Å²) in [6.45, 7) is 10.4. The van der Waals surface area contributed by atoms with Crippen LogP contribution in [0.1, 0.15) is 44.9 Å². The summed E-state index contributed by atoms with van der Waals surface area (Å²) in [5.41, 5.74) is 0.293. The van der Waals surface area contributed by atoms with Crippen molar-refractivity contribution in [1.29, 1.82) is 0 Å². The van der Waals surface area contributed by atoms with E-state index in [0.717, 1.165) is 13.1 Å². The quantitative estimate of drug-likeness (QED) is 0.877. The van der Waals surface area contributed by atoms with Crippen LogP contribution in [-0.4, -0.2) is 29.6 Å². The standard InChI is InChI=1S/C15H26N2S/c1-4-7-13-10-16-15(3,5-2)12-17(13)11-14-8-6-9-18-14/h6,8-9,13,16H,4-5,7,10-12H2,1-3H3. The van der Waals surface area contributed by atoms with Gasteiger partial charge in [0.25, 0.3) is 0 Å². The van der Waals surface area contributed by atoms with Gasteiger partial charge in [-0.3, -0.25) is 4.90 Å². The molecule has 0 aliphatic carbocycles. The van der Waals surface area contributed by atoms with Crippen LogP contribution in [0.25, 0.3) is 0 Å². The van der Waals surface area contributed by atoms with Crippen molar-refractivity contribution in [2.45, 2.75) is 58.2 Å². The smallest absolute Gasteiger partial charge is 0.0332 e. The van der Waals surface area contributed by atoms with Crippen LogP contribution in [0.5, 0.6) is 0 Å². The number of hydrogen-bond acceptors (Lipinski definition) is 3. The van der Waals surface area contributed by atoms with E-state index in [9.17, 15) is 0 Å². The van der Waals surface area contributed by atoms with Crippen molar-refractivity contribution < 1.29 is 0 Å². The maximum absolute atomic E-state index is 3.75. The van der Waals surface area contributed by atoms with Gasteiger partial charge in [0.1, 0.15) is 0 Å². The molecule has 0 amide bonds. The predicted octanol–water partition coefficient (Wildman–Crippen LogP) is 3.49. The second-order valence-corrected chi connectivity index (χ2v) is 6.75. The second-order valence-electron chi connectivity index (χ2n) is 5.72. The lowest BCUT2D eigenvalue weighted by Gasteiger charge is -2.46. The highest BCUT2D eigenvalue weighted by atomic mass is 32.1. The van der Waals surface area contributed by atoms with Crippen molar-refractivity contribution in [3.63, 3.8) is 0 Å². The Kier molecular flexibility index (Phi) is 4.82. The summed E-state index contributed by atoms with van der Waals surface area (Å²) in [6, 6.07) is 5.13. The zero-order chi connectivity index (χ0) is 13.0. The summed E-state index contributed by atoms with van der Waals surface area (Å²) in [7, 11) is 0. The Morgan fingerprint density at radius 2 is 2.33 bits per heavy atom. The SMILES string of the molecule is CCCC1CNC(C)(CC)CN1Cc1cccs1. The molecular weight excluding hydrogens is 240 g/mol. The van der Waals surface area contributed by atoms with E-state index in [4.69, 9.17) is 0 Å². The molecule has 1 N–H and O–H groups in total. The fraction of sp³-hybridized carbons (Fsp3) is 0.733. The van der Waals surface area contributed by atoms with Gasteiger partial charge in [0.15, 0.2) is 0 Å². The molecule has 1 aliphatic rings. The van der Waals surface area contributed by atoms with Gasteiger partial charge in [0, 0.05) is 36.1 Å². The number of nitrogens with zero attached hydrogens (tertiary/aromatic N) is 1. The molecule has 1 aromatic heterocycles. The summed E-state index contributed by atoms with van der Waals surface area (Å²) in [4.78, 5) is 4.19. The van der Waals surface area contributed by atoms with Crippen molar-refractivity contribution in [3.05, 3.63) is 22.4 Å². The van der Waals surface area contributed by atoms with Crippen LogP contribution in [0.15, 0.2) is 17.5 Å². The number of thiophene rings is 1. The normalized spacial score (nSPS) is 29.6. The Hall–Kier alpha value is -0.380. The van der Waals surface area contributed by atoms with Crippen molar-refractivity contribution in [3.8, 4) is 0 Å². The molecule has 0 aromatic carbocycles. The molecule has 0 spiro atoms. The Labute approximate surface area is 115 Å². The highest BCUT2D eigenvalue weighted by Crippen LogP contribution is 2.24. The number of hydrogen-bond donors (Lipinski definition) is 1. The third-order valence-corrected chi connectivity index (χ3v) is 5.04. The lowest BCUT2D eigenvalue weighted by molar-refractivity contribution is 0.0734. The third kappa shape index (κ3) is 3.34. The molecule has 0 radical (unpaired) electrons. The maximum Gasteiger partial charge on any atom is 0.0332 e. The molecule has 2 atom stereocenters. The zero-order valence-electron chi connectivity index (χ0n) is 11.9. The first-order chi connectivity index (χ1) is 8.67. The number of nitrogens with one attached hydrogen (secondary N) is 1. The molecule has 2 nitrogen and oxygen atoms in total. The lowest BCUT2D eigenvalue weighted by atomic mass is 9.92. The molecule has 1 saturated heterocycles. The van der Waals surface area contributed by atoms with Crippen LogP contribution in [0.2, 0.25) is 0 Å². The van der Waals surface area contributed by atoms with Gasteiger partial charge in [-0.25, -0.2) is 0 Å². The minimum Gasteiger partial charge on any atom is -0.309 e. The van der Waals surface area contributed by atoms with E-state index in [1.54, 1.807) is 0 Å². The van der Waals surface area contributed by atoms with Crippen LogP contribution >= 0.6 is 11.3 Å². The van der Waals surface area contributed by atoms with Crippen molar-refractivity contribution in [2.24, 2.45) is 0 Å². The van der Waals surface area contributed by atoms with Gasteiger partial charge in [-0.1, -0.05) is 26.3 Å². The summed E-state index contributed by atoms with van der Waals surface area (Å²) in [5.74, 6) is 0.